The van der Waals surface area contributed by atoms with Gasteiger partial charge in [-0.05, 0) is 88.1 Å². The molecule has 2 aliphatic rings. The van der Waals surface area contributed by atoms with E-state index >= 15 is 0 Å². The second-order valence-electron chi connectivity index (χ2n) is 7.81. The van der Waals surface area contributed by atoms with Crippen LogP contribution in [0.2, 0.25) is 0 Å². The van der Waals surface area contributed by atoms with Crippen LogP contribution in [0.25, 0.3) is 0 Å². The first-order valence-corrected chi connectivity index (χ1v) is 9.39. The molecule has 0 aromatic rings. The van der Waals surface area contributed by atoms with Crippen molar-refractivity contribution in [2.75, 3.05) is 13.1 Å². The summed E-state index contributed by atoms with van der Waals surface area (Å²) in [5, 5.41) is 0. The molecule has 0 radical (unpaired) electrons. The topological polar surface area (TPSA) is 104 Å². The monoisotopic (exact) mass is 312 g/mol. The lowest BCUT2D eigenvalue weighted by atomic mass is 9.71. The first-order chi connectivity index (χ1) is 10.5. The average molecular weight is 313 g/mol. The van der Waals surface area contributed by atoms with Gasteiger partial charge in [-0.15, -0.1) is 0 Å². The lowest BCUT2D eigenvalue weighted by Crippen LogP contribution is -2.37. The fourth-order valence-electron chi connectivity index (χ4n) is 4.08. The van der Waals surface area contributed by atoms with Crippen LogP contribution in [0.3, 0.4) is 0 Å². The second kappa shape index (κ2) is 10.6. The quantitative estimate of drug-likeness (QED) is 0.638. The van der Waals surface area contributed by atoms with Crippen LogP contribution >= 0.6 is 0 Å². The molecule has 4 heteroatoms. The molecule has 0 aliphatic heterocycles. The summed E-state index contributed by atoms with van der Waals surface area (Å²) in [6.07, 6.45) is 10.3. The van der Waals surface area contributed by atoms with Gasteiger partial charge in [0.15, 0.2) is 0 Å². The molecule has 0 aromatic heterocycles. The Morgan fingerprint density at radius 1 is 0.727 bits per heavy atom. The van der Waals surface area contributed by atoms with Crippen molar-refractivity contribution in [1.29, 1.82) is 0 Å². The number of hydrogen-bond acceptors (Lipinski definition) is 4. The van der Waals surface area contributed by atoms with Gasteiger partial charge in [0.1, 0.15) is 0 Å². The van der Waals surface area contributed by atoms with Gasteiger partial charge in [-0.1, -0.05) is 13.8 Å². The van der Waals surface area contributed by atoms with E-state index in [0.29, 0.717) is 12.1 Å². The molecule has 0 spiro atoms. The van der Waals surface area contributed by atoms with E-state index in [-0.39, 0.29) is 0 Å². The van der Waals surface area contributed by atoms with Crippen LogP contribution in [0.15, 0.2) is 0 Å². The van der Waals surface area contributed by atoms with Crippen molar-refractivity contribution in [1.82, 2.24) is 0 Å². The molecule has 2 fully saturated rings. The van der Waals surface area contributed by atoms with Crippen molar-refractivity contribution in [2.24, 2.45) is 46.6 Å². The van der Waals surface area contributed by atoms with Gasteiger partial charge in [-0.25, -0.2) is 0 Å². The van der Waals surface area contributed by atoms with E-state index in [1.807, 2.05) is 0 Å². The molecule has 0 bridgehead atoms. The van der Waals surface area contributed by atoms with Gasteiger partial charge in [0.25, 0.3) is 0 Å². The summed E-state index contributed by atoms with van der Waals surface area (Å²) in [4.78, 5) is 0. The van der Waals surface area contributed by atoms with E-state index < -0.39 is 0 Å². The zero-order valence-corrected chi connectivity index (χ0v) is 14.8. The van der Waals surface area contributed by atoms with E-state index in [4.69, 9.17) is 22.9 Å². The van der Waals surface area contributed by atoms with Gasteiger partial charge in [-0.2, -0.15) is 0 Å². The predicted octanol–water partition coefficient (Wildman–Crippen LogP) is 2.20. The van der Waals surface area contributed by atoms with Crippen molar-refractivity contribution in [3.8, 4) is 0 Å². The summed E-state index contributed by atoms with van der Waals surface area (Å²) >= 11 is 0. The SMILES string of the molecule is CC1CC(CC2CCC(N)C(C)C2)CCC1N.NCCCN. The molecule has 2 saturated carbocycles. The summed E-state index contributed by atoms with van der Waals surface area (Å²) in [7, 11) is 0. The molecule has 0 aromatic carbocycles. The van der Waals surface area contributed by atoms with E-state index in [1.165, 1.54) is 44.9 Å². The molecule has 8 N–H and O–H groups in total. The maximum Gasteiger partial charge on any atom is 0.00647 e. The Morgan fingerprint density at radius 3 is 1.41 bits per heavy atom. The molecule has 2 rings (SSSR count). The summed E-state index contributed by atoms with van der Waals surface area (Å²) in [5.74, 6) is 3.35. The van der Waals surface area contributed by atoms with Gasteiger partial charge in [0.2, 0.25) is 0 Å². The Bertz CT molecular complexity index is 258. The van der Waals surface area contributed by atoms with Crippen LogP contribution in [0.5, 0.6) is 0 Å². The molecule has 6 atom stereocenters. The highest BCUT2D eigenvalue weighted by atomic mass is 14.7. The Kier molecular flexibility index (Phi) is 9.57. The van der Waals surface area contributed by atoms with Crippen LogP contribution < -0.4 is 22.9 Å². The van der Waals surface area contributed by atoms with Crippen LogP contribution in [-0.4, -0.2) is 25.2 Å². The van der Waals surface area contributed by atoms with Crippen molar-refractivity contribution in [3.63, 3.8) is 0 Å². The lowest BCUT2D eigenvalue weighted by molar-refractivity contribution is 0.169. The molecule has 0 saturated heterocycles. The maximum atomic E-state index is 6.10. The average Bonchev–Trinajstić information content (AvgIpc) is 2.48. The van der Waals surface area contributed by atoms with Crippen molar-refractivity contribution >= 4 is 0 Å². The molecule has 6 unspecified atom stereocenters. The van der Waals surface area contributed by atoms with Crippen LogP contribution in [0.4, 0.5) is 0 Å². The number of nitrogens with two attached hydrogens (primary N) is 4. The number of rotatable bonds is 4. The Morgan fingerprint density at radius 2 is 1.14 bits per heavy atom. The molecule has 2 aliphatic carbocycles. The molecule has 0 amide bonds. The maximum absolute atomic E-state index is 6.10. The largest absolute Gasteiger partial charge is 0.330 e. The van der Waals surface area contributed by atoms with Gasteiger partial charge >= 0.3 is 0 Å². The highest BCUT2D eigenvalue weighted by molar-refractivity contribution is 4.85. The predicted molar refractivity (Wildman–Crippen MR) is 96.3 cm³/mol. The fourth-order valence-corrected chi connectivity index (χ4v) is 4.08. The third-order valence-electron chi connectivity index (χ3n) is 5.76. The fraction of sp³-hybridized carbons (Fsp3) is 1.00. The summed E-state index contributed by atoms with van der Waals surface area (Å²) in [6, 6.07) is 0.926. The van der Waals surface area contributed by atoms with E-state index in [2.05, 4.69) is 13.8 Å². The Labute approximate surface area is 137 Å². The standard InChI is InChI=1S/C15H30N2.C3H10N2/c1-10-7-12(3-5-14(10)16)9-13-4-6-15(17)11(2)8-13;4-2-1-3-5/h10-15H,3-9,16-17H2,1-2H3;1-5H2. The minimum atomic E-state index is 0.463. The minimum absolute atomic E-state index is 0.463. The molecule has 22 heavy (non-hydrogen) atoms. The van der Waals surface area contributed by atoms with Gasteiger partial charge in [0, 0.05) is 12.1 Å². The third-order valence-corrected chi connectivity index (χ3v) is 5.76. The first-order valence-electron chi connectivity index (χ1n) is 9.39. The molecule has 132 valence electrons. The van der Waals surface area contributed by atoms with Gasteiger partial charge in [0.05, 0.1) is 0 Å². The molecule has 0 heterocycles. The van der Waals surface area contributed by atoms with Crippen molar-refractivity contribution < 1.29 is 0 Å². The Balaban J connectivity index is 0.000000422. The van der Waals surface area contributed by atoms with Crippen LogP contribution in [0.1, 0.15) is 65.2 Å². The van der Waals surface area contributed by atoms with Gasteiger partial charge < -0.3 is 22.9 Å². The van der Waals surface area contributed by atoms with E-state index in [1.54, 1.807) is 0 Å². The van der Waals surface area contributed by atoms with Crippen LogP contribution in [0, 0.1) is 23.7 Å². The zero-order chi connectivity index (χ0) is 16.5. The zero-order valence-electron chi connectivity index (χ0n) is 14.8. The van der Waals surface area contributed by atoms with E-state index in [0.717, 1.165) is 43.2 Å². The number of hydrogen-bond donors (Lipinski definition) is 4. The lowest BCUT2D eigenvalue weighted by Gasteiger charge is -2.37. The minimum Gasteiger partial charge on any atom is -0.330 e. The second-order valence-corrected chi connectivity index (χ2v) is 7.81. The molecular formula is C18H40N4. The summed E-state index contributed by atoms with van der Waals surface area (Å²) < 4.78 is 0. The van der Waals surface area contributed by atoms with Crippen molar-refractivity contribution in [3.05, 3.63) is 0 Å². The Hall–Kier alpha value is -0.160. The third kappa shape index (κ3) is 6.95. The summed E-state index contributed by atoms with van der Waals surface area (Å²) in [6.45, 7) is 6.10. The van der Waals surface area contributed by atoms with Crippen LogP contribution in [-0.2, 0) is 0 Å². The molecule has 4 nitrogen and oxygen atoms in total. The van der Waals surface area contributed by atoms with E-state index in [9.17, 15) is 0 Å². The summed E-state index contributed by atoms with van der Waals surface area (Å²) in [5.41, 5.74) is 22.3. The highest BCUT2D eigenvalue weighted by Gasteiger charge is 2.30. The van der Waals surface area contributed by atoms with Crippen molar-refractivity contribution in [2.45, 2.75) is 77.3 Å². The molecular weight excluding hydrogens is 272 g/mol. The smallest absolute Gasteiger partial charge is 0.00647 e. The highest BCUT2D eigenvalue weighted by Crippen LogP contribution is 2.38. The van der Waals surface area contributed by atoms with Gasteiger partial charge in [-0.3, -0.25) is 0 Å². The first kappa shape index (κ1) is 19.9. The normalized spacial score (nSPS) is 39.0.